The van der Waals surface area contributed by atoms with Crippen LogP contribution < -0.4 is 0 Å². The molecule has 1 aromatic rings. The van der Waals surface area contributed by atoms with Crippen molar-refractivity contribution in [1.82, 2.24) is 0 Å². The third kappa shape index (κ3) is 2.13. The number of furan rings is 1. The fraction of sp³-hybridized carbons (Fsp3) is 0.300. The molecule has 0 unspecified atom stereocenters. The molecular weight excluding hydrogens is 186 g/mol. The first kappa shape index (κ1) is 9.88. The summed E-state index contributed by atoms with van der Waals surface area (Å²) in [6.07, 6.45) is 2.20. The maximum atomic E-state index is 8.74. The van der Waals surface area contributed by atoms with Crippen molar-refractivity contribution in [3.05, 3.63) is 29.2 Å². The van der Waals surface area contributed by atoms with Crippen LogP contribution >= 0.6 is 11.6 Å². The molecule has 0 bridgehead atoms. The van der Waals surface area contributed by atoms with E-state index in [0.29, 0.717) is 17.0 Å². The second-order valence-electron chi connectivity index (χ2n) is 2.70. The number of hydrogen-bond acceptors (Lipinski definition) is 2. The number of rotatable bonds is 2. The second kappa shape index (κ2) is 4.15. The zero-order valence-corrected chi connectivity index (χ0v) is 8.35. The van der Waals surface area contributed by atoms with Gasteiger partial charge in [-0.1, -0.05) is 18.5 Å². The lowest BCUT2D eigenvalue weighted by Gasteiger charge is -1.95. The van der Waals surface area contributed by atoms with E-state index in [-0.39, 0.29) is 0 Å². The predicted molar refractivity (Wildman–Crippen MR) is 52.1 cm³/mol. The highest BCUT2D eigenvalue weighted by Gasteiger charge is 2.07. The summed E-state index contributed by atoms with van der Waals surface area (Å²) in [6.45, 7) is 3.74. The van der Waals surface area contributed by atoms with Crippen molar-refractivity contribution >= 4 is 16.6 Å². The molecule has 0 saturated heterocycles. The van der Waals surface area contributed by atoms with Crippen molar-refractivity contribution < 1.29 is 4.42 Å². The van der Waals surface area contributed by atoms with E-state index in [4.69, 9.17) is 21.3 Å². The highest BCUT2D eigenvalue weighted by molar-refractivity contribution is 6.49. The number of hydrogen-bond donors (Lipinski definition) is 0. The van der Waals surface area contributed by atoms with Gasteiger partial charge in [0.2, 0.25) is 0 Å². The Morgan fingerprint density at radius 1 is 1.69 bits per heavy atom. The maximum Gasteiger partial charge on any atom is 0.101 e. The molecule has 1 heterocycles. The van der Waals surface area contributed by atoms with Crippen LogP contribution in [0.25, 0.3) is 5.03 Å². The Morgan fingerprint density at radius 3 is 2.77 bits per heavy atom. The molecule has 0 aliphatic heterocycles. The third-order valence-corrected chi connectivity index (χ3v) is 2.18. The van der Waals surface area contributed by atoms with Gasteiger partial charge in [-0.15, -0.1) is 0 Å². The molecule has 3 heteroatoms. The van der Waals surface area contributed by atoms with E-state index in [1.165, 1.54) is 0 Å². The highest BCUT2D eigenvalue weighted by atomic mass is 35.5. The van der Waals surface area contributed by atoms with E-state index in [0.717, 1.165) is 11.3 Å². The molecule has 2 nitrogen and oxygen atoms in total. The molecule has 1 aromatic heterocycles. The molecule has 0 N–H and O–H groups in total. The minimum absolute atomic E-state index is 0.488. The fourth-order valence-corrected chi connectivity index (χ4v) is 1.29. The zero-order chi connectivity index (χ0) is 9.84. The topological polar surface area (TPSA) is 36.9 Å². The Balaban J connectivity index is 3.09. The second-order valence-corrected chi connectivity index (χ2v) is 3.08. The molecule has 13 heavy (non-hydrogen) atoms. The summed E-state index contributed by atoms with van der Waals surface area (Å²) in [7, 11) is 0. The van der Waals surface area contributed by atoms with E-state index in [2.05, 4.69) is 6.07 Å². The van der Waals surface area contributed by atoms with Crippen LogP contribution in [0.5, 0.6) is 0 Å². The van der Waals surface area contributed by atoms with Crippen molar-refractivity contribution in [2.45, 2.75) is 20.3 Å². The predicted octanol–water partition coefficient (Wildman–Crippen LogP) is 3.47. The van der Waals surface area contributed by atoms with Crippen molar-refractivity contribution in [3.8, 4) is 6.07 Å². The first-order valence-electron chi connectivity index (χ1n) is 4.03. The number of halogens is 1. The Morgan fingerprint density at radius 2 is 2.38 bits per heavy atom. The molecule has 0 atom stereocenters. The van der Waals surface area contributed by atoms with Crippen LogP contribution in [-0.4, -0.2) is 0 Å². The van der Waals surface area contributed by atoms with Gasteiger partial charge >= 0.3 is 0 Å². The molecule has 0 spiro atoms. The number of nitriles is 1. The van der Waals surface area contributed by atoms with Gasteiger partial charge < -0.3 is 4.42 Å². The van der Waals surface area contributed by atoms with Crippen molar-refractivity contribution in [2.75, 3.05) is 0 Å². The van der Waals surface area contributed by atoms with Gasteiger partial charge in [0.1, 0.15) is 5.76 Å². The molecule has 1 rings (SSSR count). The van der Waals surface area contributed by atoms with Gasteiger partial charge in [-0.25, -0.2) is 0 Å². The van der Waals surface area contributed by atoms with Crippen LogP contribution in [0.2, 0.25) is 0 Å². The summed E-state index contributed by atoms with van der Waals surface area (Å²) in [5.41, 5.74) is 1.36. The summed E-state index contributed by atoms with van der Waals surface area (Å²) in [4.78, 5) is 0. The van der Waals surface area contributed by atoms with Crippen LogP contribution in [0.3, 0.4) is 0 Å². The van der Waals surface area contributed by atoms with Crippen LogP contribution in [0, 0.1) is 18.3 Å². The lowest BCUT2D eigenvalue weighted by atomic mass is 10.1. The standard InChI is InChI=1S/C10H10ClNO/c1-3-8(5-12)10(11)9-4-7(2)13-6-9/h4,6H,3H2,1-2H3/b10-8+. The first-order chi connectivity index (χ1) is 6.19. The summed E-state index contributed by atoms with van der Waals surface area (Å²) in [5, 5.41) is 9.23. The van der Waals surface area contributed by atoms with E-state index in [1.807, 2.05) is 19.9 Å². The van der Waals surface area contributed by atoms with Gasteiger partial charge in [0.05, 0.1) is 17.4 Å². The average Bonchev–Trinajstić information content (AvgIpc) is 2.54. The summed E-state index contributed by atoms with van der Waals surface area (Å²) in [5.74, 6) is 0.793. The van der Waals surface area contributed by atoms with E-state index in [1.54, 1.807) is 6.26 Å². The minimum Gasteiger partial charge on any atom is -0.469 e. The Labute approximate surface area is 82.4 Å². The summed E-state index contributed by atoms with van der Waals surface area (Å²) < 4.78 is 5.10. The number of nitrogens with zero attached hydrogens (tertiary/aromatic N) is 1. The first-order valence-corrected chi connectivity index (χ1v) is 4.41. The van der Waals surface area contributed by atoms with E-state index in [9.17, 15) is 0 Å². The molecule has 0 radical (unpaired) electrons. The molecule has 0 saturated carbocycles. The Bertz CT molecular complexity index is 371. The summed E-state index contributed by atoms with van der Waals surface area (Å²) in [6, 6.07) is 3.88. The zero-order valence-electron chi connectivity index (χ0n) is 7.60. The van der Waals surface area contributed by atoms with Gasteiger partial charge in [0, 0.05) is 11.1 Å². The van der Waals surface area contributed by atoms with Gasteiger partial charge in [0.25, 0.3) is 0 Å². The monoisotopic (exact) mass is 195 g/mol. The molecule has 0 amide bonds. The van der Waals surface area contributed by atoms with E-state index >= 15 is 0 Å². The largest absolute Gasteiger partial charge is 0.469 e. The molecule has 0 aliphatic rings. The number of aryl methyl sites for hydroxylation is 1. The third-order valence-electron chi connectivity index (χ3n) is 1.74. The smallest absolute Gasteiger partial charge is 0.101 e. The summed E-state index contributed by atoms with van der Waals surface area (Å²) >= 11 is 5.98. The van der Waals surface area contributed by atoms with Crippen molar-refractivity contribution in [1.29, 1.82) is 5.26 Å². The van der Waals surface area contributed by atoms with Crippen LogP contribution in [0.15, 0.2) is 22.3 Å². The van der Waals surface area contributed by atoms with Crippen LogP contribution in [-0.2, 0) is 0 Å². The fourth-order valence-electron chi connectivity index (χ4n) is 1.02. The van der Waals surface area contributed by atoms with Crippen molar-refractivity contribution in [3.63, 3.8) is 0 Å². The SMILES string of the molecule is CC/C(C#N)=C(\Cl)c1coc(C)c1. The quantitative estimate of drug-likeness (QED) is 0.678. The van der Waals surface area contributed by atoms with Gasteiger partial charge in [-0.05, 0) is 19.4 Å². The lowest BCUT2D eigenvalue weighted by Crippen LogP contribution is -1.80. The maximum absolute atomic E-state index is 8.74. The average molecular weight is 196 g/mol. The molecular formula is C10H10ClNO. The molecule has 0 aliphatic carbocycles. The Kier molecular flexibility index (Phi) is 3.16. The van der Waals surface area contributed by atoms with Crippen LogP contribution in [0.4, 0.5) is 0 Å². The normalized spacial score (nSPS) is 12.2. The lowest BCUT2D eigenvalue weighted by molar-refractivity contribution is 0.534. The van der Waals surface area contributed by atoms with Crippen molar-refractivity contribution in [2.24, 2.45) is 0 Å². The molecule has 0 aromatic carbocycles. The minimum atomic E-state index is 0.488. The van der Waals surface area contributed by atoms with Crippen LogP contribution in [0.1, 0.15) is 24.7 Å². The van der Waals surface area contributed by atoms with Gasteiger partial charge in [0.15, 0.2) is 0 Å². The highest BCUT2D eigenvalue weighted by Crippen LogP contribution is 2.25. The Hall–Kier alpha value is -1.20. The van der Waals surface area contributed by atoms with Gasteiger partial charge in [-0.3, -0.25) is 0 Å². The molecule has 68 valence electrons. The van der Waals surface area contributed by atoms with E-state index < -0.39 is 0 Å². The molecule has 0 fully saturated rings. The van der Waals surface area contributed by atoms with Gasteiger partial charge in [-0.2, -0.15) is 5.26 Å². The number of allylic oxidation sites excluding steroid dienone is 1.